The predicted molar refractivity (Wildman–Crippen MR) is 103 cm³/mol. The van der Waals surface area contributed by atoms with Crippen LogP contribution in [0.2, 0.25) is 0 Å². The van der Waals surface area contributed by atoms with Crippen LogP contribution >= 0.6 is 0 Å². The minimum absolute atomic E-state index is 0.0122. The Kier molecular flexibility index (Phi) is 6.00. The molecule has 1 aliphatic carbocycles. The number of ketones is 1. The zero-order valence-electron chi connectivity index (χ0n) is 15.1. The first kappa shape index (κ1) is 18.1. The molecule has 0 saturated heterocycles. The summed E-state index contributed by atoms with van der Waals surface area (Å²) in [5.74, 6) is 0.539. The van der Waals surface area contributed by atoms with Crippen molar-refractivity contribution in [3.05, 3.63) is 53.7 Å². The number of nitrogens with zero attached hydrogens (tertiary/aromatic N) is 1. The Hall–Kier alpha value is -2.69. The molecule has 5 heteroatoms. The fourth-order valence-corrected chi connectivity index (χ4v) is 3.30. The maximum absolute atomic E-state index is 12.6. The highest BCUT2D eigenvalue weighted by molar-refractivity contribution is 5.96. The SMILES string of the molecule is CC(=O)c1cccc(Nc2cc(C(=O)NC3CCCCCC3)ccn2)c1. The number of hydrogen-bond acceptors (Lipinski definition) is 4. The summed E-state index contributed by atoms with van der Waals surface area (Å²) in [6.07, 6.45) is 8.62. The van der Waals surface area contributed by atoms with Crippen molar-refractivity contribution in [1.82, 2.24) is 10.3 Å². The zero-order chi connectivity index (χ0) is 18.4. The van der Waals surface area contributed by atoms with Gasteiger partial charge >= 0.3 is 0 Å². The van der Waals surface area contributed by atoms with Crippen LogP contribution in [0.25, 0.3) is 0 Å². The number of pyridine rings is 1. The average Bonchev–Trinajstić information content (AvgIpc) is 2.91. The van der Waals surface area contributed by atoms with E-state index in [1.54, 1.807) is 30.5 Å². The van der Waals surface area contributed by atoms with E-state index >= 15 is 0 Å². The van der Waals surface area contributed by atoms with Crippen LogP contribution in [0.4, 0.5) is 11.5 Å². The van der Waals surface area contributed by atoms with Crippen LogP contribution in [0.3, 0.4) is 0 Å². The Balaban J connectivity index is 1.68. The van der Waals surface area contributed by atoms with Gasteiger partial charge < -0.3 is 10.6 Å². The largest absolute Gasteiger partial charge is 0.349 e. The van der Waals surface area contributed by atoms with Gasteiger partial charge in [0.15, 0.2) is 5.78 Å². The molecule has 1 aliphatic rings. The van der Waals surface area contributed by atoms with E-state index < -0.39 is 0 Å². The number of carbonyl (C=O) groups excluding carboxylic acids is 2. The lowest BCUT2D eigenvalue weighted by atomic mass is 10.1. The second-order valence-corrected chi connectivity index (χ2v) is 6.85. The number of Topliss-reactive ketones (excluding diaryl/α,β-unsaturated/α-hetero) is 1. The Bertz CT molecular complexity index is 780. The van der Waals surface area contributed by atoms with E-state index in [9.17, 15) is 9.59 Å². The maximum atomic E-state index is 12.6. The van der Waals surface area contributed by atoms with Crippen molar-refractivity contribution in [3.8, 4) is 0 Å². The smallest absolute Gasteiger partial charge is 0.251 e. The van der Waals surface area contributed by atoms with Crippen LogP contribution in [-0.2, 0) is 0 Å². The van der Waals surface area contributed by atoms with Gasteiger partial charge in [-0.25, -0.2) is 4.98 Å². The molecule has 0 aliphatic heterocycles. The second kappa shape index (κ2) is 8.61. The highest BCUT2D eigenvalue weighted by atomic mass is 16.1. The highest BCUT2D eigenvalue weighted by Crippen LogP contribution is 2.19. The van der Waals surface area contributed by atoms with Crippen LogP contribution in [0.1, 0.15) is 66.2 Å². The van der Waals surface area contributed by atoms with Gasteiger partial charge in [-0.05, 0) is 44.0 Å². The molecular formula is C21H25N3O2. The number of anilines is 2. The molecule has 1 aromatic heterocycles. The zero-order valence-corrected chi connectivity index (χ0v) is 15.1. The lowest BCUT2D eigenvalue weighted by Crippen LogP contribution is -2.34. The van der Waals surface area contributed by atoms with E-state index in [1.165, 1.54) is 32.6 Å². The third-order valence-corrected chi connectivity index (χ3v) is 4.75. The summed E-state index contributed by atoms with van der Waals surface area (Å²) in [7, 11) is 0. The van der Waals surface area contributed by atoms with Crippen molar-refractivity contribution in [1.29, 1.82) is 0 Å². The third kappa shape index (κ3) is 4.91. The predicted octanol–water partition coefficient (Wildman–Crippen LogP) is 4.48. The summed E-state index contributed by atoms with van der Waals surface area (Å²) in [6.45, 7) is 1.54. The summed E-state index contributed by atoms with van der Waals surface area (Å²) in [4.78, 5) is 28.3. The summed E-state index contributed by atoms with van der Waals surface area (Å²) >= 11 is 0. The first-order chi connectivity index (χ1) is 12.6. The first-order valence-electron chi connectivity index (χ1n) is 9.27. The molecule has 26 heavy (non-hydrogen) atoms. The van der Waals surface area contributed by atoms with Gasteiger partial charge in [0.1, 0.15) is 5.82 Å². The molecule has 3 rings (SSSR count). The number of nitrogens with one attached hydrogen (secondary N) is 2. The fraction of sp³-hybridized carbons (Fsp3) is 0.381. The van der Waals surface area contributed by atoms with Crippen LogP contribution in [0, 0.1) is 0 Å². The van der Waals surface area contributed by atoms with E-state index in [0.29, 0.717) is 16.9 Å². The molecule has 136 valence electrons. The summed E-state index contributed by atoms with van der Waals surface area (Å²) in [5, 5.41) is 6.32. The van der Waals surface area contributed by atoms with Crippen molar-refractivity contribution >= 4 is 23.2 Å². The summed E-state index contributed by atoms with van der Waals surface area (Å²) < 4.78 is 0. The van der Waals surface area contributed by atoms with Gasteiger partial charge in [0, 0.05) is 29.1 Å². The summed E-state index contributed by atoms with van der Waals surface area (Å²) in [5.41, 5.74) is 2.00. The fourth-order valence-electron chi connectivity index (χ4n) is 3.30. The molecule has 0 atom stereocenters. The van der Waals surface area contributed by atoms with Crippen LogP contribution < -0.4 is 10.6 Å². The Morgan fingerprint density at radius 2 is 1.77 bits per heavy atom. The van der Waals surface area contributed by atoms with E-state index in [1.807, 2.05) is 12.1 Å². The molecule has 1 saturated carbocycles. The molecular weight excluding hydrogens is 326 g/mol. The minimum Gasteiger partial charge on any atom is -0.349 e. The lowest BCUT2D eigenvalue weighted by Gasteiger charge is -2.16. The van der Waals surface area contributed by atoms with Gasteiger partial charge in [0.25, 0.3) is 5.91 Å². The molecule has 2 aromatic rings. The quantitative estimate of drug-likeness (QED) is 0.615. The Morgan fingerprint density at radius 3 is 2.50 bits per heavy atom. The van der Waals surface area contributed by atoms with Crippen LogP contribution in [-0.4, -0.2) is 22.7 Å². The van der Waals surface area contributed by atoms with Gasteiger partial charge in [-0.1, -0.05) is 37.8 Å². The standard InChI is InChI=1S/C21H25N3O2/c1-15(25)16-7-6-10-19(13-16)23-20-14-17(11-12-22-20)21(26)24-18-8-4-2-3-5-9-18/h6-7,10-14,18H,2-5,8-9H2,1H3,(H,22,23)(H,24,26). The third-order valence-electron chi connectivity index (χ3n) is 4.75. The van der Waals surface area contributed by atoms with Crippen molar-refractivity contribution in [2.45, 2.75) is 51.5 Å². The second-order valence-electron chi connectivity index (χ2n) is 6.85. The molecule has 5 nitrogen and oxygen atoms in total. The molecule has 0 radical (unpaired) electrons. The van der Waals surface area contributed by atoms with Crippen LogP contribution in [0.15, 0.2) is 42.6 Å². The molecule has 2 N–H and O–H groups in total. The van der Waals surface area contributed by atoms with Gasteiger partial charge in [-0.15, -0.1) is 0 Å². The number of aromatic nitrogens is 1. The van der Waals surface area contributed by atoms with Gasteiger partial charge in [0.05, 0.1) is 0 Å². The average molecular weight is 351 g/mol. The van der Waals surface area contributed by atoms with Crippen molar-refractivity contribution in [2.24, 2.45) is 0 Å². The maximum Gasteiger partial charge on any atom is 0.251 e. The molecule has 1 amide bonds. The minimum atomic E-state index is -0.0557. The van der Waals surface area contributed by atoms with Crippen LogP contribution in [0.5, 0.6) is 0 Å². The first-order valence-corrected chi connectivity index (χ1v) is 9.27. The van der Waals surface area contributed by atoms with Crippen molar-refractivity contribution in [2.75, 3.05) is 5.32 Å². The molecule has 0 unspecified atom stereocenters. The molecule has 0 spiro atoms. The Morgan fingerprint density at radius 1 is 1.00 bits per heavy atom. The number of hydrogen-bond donors (Lipinski definition) is 2. The number of carbonyl (C=O) groups is 2. The van der Waals surface area contributed by atoms with Gasteiger partial charge in [-0.2, -0.15) is 0 Å². The van der Waals surface area contributed by atoms with Gasteiger partial charge in [0.2, 0.25) is 0 Å². The normalized spacial score (nSPS) is 15.1. The number of rotatable bonds is 5. The molecule has 1 heterocycles. The number of benzene rings is 1. The van der Waals surface area contributed by atoms with Gasteiger partial charge in [-0.3, -0.25) is 9.59 Å². The van der Waals surface area contributed by atoms with E-state index in [4.69, 9.17) is 0 Å². The van der Waals surface area contributed by atoms with Crippen molar-refractivity contribution < 1.29 is 9.59 Å². The van der Waals surface area contributed by atoms with E-state index in [0.717, 1.165) is 18.5 Å². The summed E-state index contributed by atoms with van der Waals surface area (Å²) in [6, 6.07) is 11.0. The topological polar surface area (TPSA) is 71.1 Å². The highest BCUT2D eigenvalue weighted by Gasteiger charge is 2.16. The molecule has 1 fully saturated rings. The number of amides is 1. The van der Waals surface area contributed by atoms with E-state index in [-0.39, 0.29) is 17.7 Å². The monoisotopic (exact) mass is 351 g/mol. The molecule has 0 bridgehead atoms. The van der Waals surface area contributed by atoms with E-state index in [2.05, 4.69) is 15.6 Å². The van der Waals surface area contributed by atoms with Crippen molar-refractivity contribution in [3.63, 3.8) is 0 Å². The lowest BCUT2D eigenvalue weighted by molar-refractivity contribution is 0.0932. The molecule has 1 aromatic carbocycles. The Labute approximate surface area is 154 Å².